The van der Waals surface area contributed by atoms with Crippen LogP contribution in [0.15, 0.2) is 54.7 Å². The van der Waals surface area contributed by atoms with Gasteiger partial charge in [-0.05, 0) is 54.1 Å². The number of ether oxygens (including phenoxy) is 1. The number of hydroxylamine groups is 1. The average molecular weight is 724 g/mol. The number of piperazine rings is 1. The summed E-state index contributed by atoms with van der Waals surface area (Å²) in [7, 11) is -9.62. The number of fused-ring (bicyclic) bond motifs is 1. The molecule has 0 aliphatic carbocycles. The van der Waals surface area contributed by atoms with Crippen LogP contribution >= 0.6 is 0 Å². The van der Waals surface area contributed by atoms with E-state index in [4.69, 9.17) is 4.74 Å². The lowest BCUT2D eigenvalue weighted by molar-refractivity contribution is -0.134. The molecule has 48 heavy (non-hydrogen) atoms. The number of nitrogens with zero attached hydrogens (tertiary/aromatic N) is 4. The van der Waals surface area contributed by atoms with Gasteiger partial charge in [-0.25, -0.2) is 27.1 Å². The Morgan fingerprint density at radius 3 is 2.33 bits per heavy atom. The predicted molar refractivity (Wildman–Crippen MR) is 180 cm³/mol. The van der Waals surface area contributed by atoms with Gasteiger partial charge in [-0.1, -0.05) is 50.0 Å². The number of hydrogen-bond donors (Lipinski definition) is 2. The maximum Gasteiger partial charge on any atom is 0.410 e. The van der Waals surface area contributed by atoms with E-state index in [-0.39, 0.29) is 51.0 Å². The van der Waals surface area contributed by atoms with Crippen molar-refractivity contribution in [2.75, 3.05) is 38.5 Å². The first kappa shape index (κ1) is 35.9. The molecule has 1 atom stereocenters. The molecular formula is C31H42FN5O8S2Si. The third-order valence-corrected chi connectivity index (χ3v) is 14.7. The smallest absolute Gasteiger partial charge is 0.410 e. The van der Waals surface area contributed by atoms with Crippen molar-refractivity contribution >= 4 is 51.2 Å². The lowest BCUT2D eigenvalue weighted by Crippen LogP contribution is -2.63. The molecule has 2 amide bonds. The molecule has 3 aromatic rings. The van der Waals surface area contributed by atoms with Gasteiger partial charge in [-0.2, -0.15) is 17.0 Å². The summed E-state index contributed by atoms with van der Waals surface area (Å²) < 4.78 is 77.8. The quantitative estimate of drug-likeness (QED) is 0.183. The molecule has 2 aromatic carbocycles. The summed E-state index contributed by atoms with van der Waals surface area (Å²) in [6, 6.07) is 12.2. The number of nitrogens with one attached hydrogen (secondary N) is 1. The van der Waals surface area contributed by atoms with Crippen LogP contribution in [-0.4, -0.2) is 104 Å². The van der Waals surface area contributed by atoms with Crippen LogP contribution in [0.4, 0.5) is 9.18 Å². The van der Waals surface area contributed by atoms with Gasteiger partial charge >= 0.3 is 6.09 Å². The van der Waals surface area contributed by atoms with Crippen molar-refractivity contribution in [3.05, 3.63) is 71.7 Å². The Morgan fingerprint density at radius 1 is 1.00 bits per heavy atom. The lowest BCUT2D eigenvalue weighted by atomic mass is 9.90. The molecule has 3 heterocycles. The zero-order chi connectivity index (χ0) is 34.9. The van der Waals surface area contributed by atoms with Gasteiger partial charge in [-0.3, -0.25) is 10.0 Å². The second kappa shape index (κ2) is 14.2. The van der Waals surface area contributed by atoms with Crippen LogP contribution in [0.3, 0.4) is 0 Å². The van der Waals surface area contributed by atoms with Gasteiger partial charge in [0.1, 0.15) is 18.5 Å². The Kier molecular flexibility index (Phi) is 10.7. The molecule has 0 spiro atoms. The zero-order valence-corrected chi connectivity index (χ0v) is 29.8. The number of aromatic nitrogens is 1. The van der Waals surface area contributed by atoms with E-state index in [1.165, 1.54) is 36.9 Å². The van der Waals surface area contributed by atoms with Crippen molar-refractivity contribution in [2.24, 2.45) is 0 Å². The van der Waals surface area contributed by atoms with Crippen LogP contribution in [-0.2, 0) is 36.4 Å². The molecule has 1 unspecified atom stereocenters. The van der Waals surface area contributed by atoms with E-state index in [2.05, 4.69) is 19.6 Å². The van der Waals surface area contributed by atoms with Crippen LogP contribution in [0.5, 0.6) is 0 Å². The van der Waals surface area contributed by atoms with E-state index < -0.39 is 52.2 Å². The minimum absolute atomic E-state index is 0.000294. The number of halogens is 1. The van der Waals surface area contributed by atoms with E-state index in [0.717, 1.165) is 9.87 Å². The van der Waals surface area contributed by atoms with Crippen LogP contribution in [0, 0.1) is 5.82 Å². The van der Waals surface area contributed by atoms with Gasteiger partial charge < -0.3 is 9.64 Å². The van der Waals surface area contributed by atoms with Crippen molar-refractivity contribution in [2.45, 2.75) is 57.1 Å². The maximum absolute atomic E-state index is 14.4. The van der Waals surface area contributed by atoms with Gasteiger partial charge in [0.15, 0.2) is 0 Å². The molecule has 0 saturated carbocycles. The third-order valence-electron chi connectivity index (χ3n) is 8.90. The second-order valence-electron chi connectivity index (χ2n) is 13.4. The Bertz CT molecular complexity index is 1860. The Hall–Kier alpha value is -3.35. The number of carbonyl (C=O) groups excluding carboxylic acids is 2. The second-order valence-corrected chi connectivity index (χ2v) is 22.9. The molecule has 13 nitrogen and oxygen atoms in total. The molecule has 2 fully saturated rings. The minimum atomic E-state index is -4.23. The van der Waals surface area contributed by atoms with E-state index in [0.29, 0.717) is 35.4 Å². The zero-order valence-electron chi connectivity index (χ0n) is 27.2. The molecule has 2 aliphatic rings. The van der Waals surface area contributed by atoms with E-state index >= 15 is 0 Å². The SMILES string of the molecule is C[Si](C)(C)CCS(=O)(=O)n1cc(C2CCN(S(=O)(=O)N3CCN(C(=O)OCc4ccccc4)CC3C(=O)NO)CC2)c2cc(F)ccc21. The summed E-state index contributed by atoms with van der Waals surface area (Å²) in [4.78, 5) is 26.7. The highest BCUT2D eigenvalue weighted by atomic mass is 32.2. The fourth-order valence-electron chi connectivity index (χ4n) is 6.14. The predicted octanol–water partition coefficient (Wildman–Crippen LogP) is 3.55. The highest BCUT2D eigenvalue weighted by Crippen LogP contribution is 2.37. The summed E-state index contributed by atoms with van der Waals surface area (Å²) in [5, 5.41) is 9.89. The van der Waals surface area contributed by atoms with Crippen molar-refractivity contribution in [1.29, 1.82) is 0 Å². The molecule has 2 saturated heterocycles. The van der Waals surface area contributed by atoms with Crippen molar-refractivity contribution in [3.63, 3.8) is 0 Å². The molecule has 2 N–H and O–H groups in total. The number of benzene rings is 2. The van der Waals surface area contributed by atoms with Gasteiger partial charge in [0.05, 0.1) is 11.3 Å². The van der Waals surface area contributed by atoms with Crippen LogP contribution in [0.1, 0.15) is 29.9 Å². The molecule has 0 radical (unpaired) electrons. The molecular weight excluding hydrogens is 682 g/mol. The van der Waals surface area contributed by atoms with Crippen LogP contribution < -0.4 is 5.48 Å². The largest absolute Gasteiger partial charge is 0.445 e. The van der Waals surface area contributed by atoms with Gasteiger partial charge in [0.25, 0.3) is 16.1 Å². The fraction of sp³-hybridized carbons (Fsp3) is 0.484. The van der Waals surface area contributed by atoms with E-state index in [1.807, 2.05) is 6.07 Å². The summed E-state index contributed by atoms with van der Waals surface area (Å²) in [6.07, 6.45) is 1.49. The first-order chi connectivity index (χ1) is 22.6. The van der Waals surface area contributed by atoms with Crippen molar-refractivity contribution < 1.29 is 40.8 Å². The Balaban J connectivity index is 1.30. The maximum atomic E-state index is 14.4. The van der Waals surface area contributed by atoms with E-state index in [1.54, 1.807) is 30.5 Å². The highest BCUT2D eigenvalue weighted by molar-refractivity contribution is 7.90. The molecule has 1 aromatic heterocycles. The number of carbonyl (C=O) groups is 2. The van der Waals surface area contributed by atoms with Gasteiger partial charge in [0.2, 0.25) is 10.0 Å². The number of rotatable bonds is 10. The Morgan fingerprint density at radius 2 is 1.69 bits per heavy atom. The van der Waals surface area contributed by atoms with Crippen LogP contribution in [0.2, 0.25) is 25.7 Å². The Labute approximate surface area is 281 Å². The normalized spacial score (nSPS) is 19.0. The average Bonchev–Trinajstić information content (AvgIpc) is 3.45. The van der Waals surface area contributed by atoms with Crippen molar-refractivity contribution in [1.82, 2.24) is 23.0 Å². The summed E-state index contributed by atoms with van der Waals surface area (Å²) in [6.45, 7) is 5.84. The lowest BCUT2D eigenvalue weighted by Gasteiger charge is -2.42. The summed E-state index contributed by atoms with van der Waals surface area (Å²) in [5.41, 5.74) is 3.30. The molecule has 262 valence electrons. The molecule has 17 heteroatoms. The molecule has 5 rings (SSSR count). The third kappa shape index (κ3) is 7.92. The summed E-state index contributed by atoms with van der Waals surface area (Å²) in [5.74, 6) is -1.76. The molecule has 0 bridgehead atoms. The minimum Gasteiger partial charge on any atom is -0.445 e. The summed E-state index contributed by atoms with van der Waals surface area (Å²) >= 11 is 0. The standard InChI is InChI=1S/C31H42FN5O8S2Si/c1-48(2,3)18-17-46(41,42)37-20-27(26-19-25(32)9-10-28(26)37)24-11-13-35(14-12-24)47(43,44)36-16-15-34(21-29(36)30(38)33-40)31(39)45-22-23-7-5-4-6-8-23/h4-10,19-20,24,29,40H,11-18,21-22H2,1-3H3,(H,33,38). The number of piperidine rings is 1. The fourth-order valence-corrected chi connectivity index (χ4v) is 12.3. The highest BCUT2D eigenvalue weighted by Gasteiger charge is 2.44. The molecule has 2 aliphatic heterocycles. The number of amides is 2. The van der Waals surface area contributed by atoms with E-state index in [9.17, 15) is 36.0 Å². The number of hydrogen-bond acceptors (Lipinski definition) is 8. The van der Waals surface area contributed by atoms with Crippen LogP contribution in [0.25, 0.3) is 10.9 Å². The first-order valence-corrected chi connectivity index (χ1v) is 22.5. The first-order valence-electron chi connectivity index (χ1n) is 15.8. The van der Waals surface area contributed by atoms with Gasteiger partial charge in [-0.15, -0.1) is 0 Å². The monoisotopic (exact) mass is 723 g/mol. The van der Waals surface area contributed by atoms with Crippen molar-refractivity contribution in [3.8, 4) is 0 Å². The topological polar surface area (TPSA) is 159 Å². The van der Waals surface area contributed by atoms with Gasteiger partial charge in [0, 0.05) is 52.4 Å².